The van der Waals surface area contributed by atoms with Gasteiger partial charge in [-0.15, -0.1) is 0 Å². The molecule has 0 radical (unpaired) electrons. The summed E-state index contributed by atoms with van der Waals surface area (Å²) >= 11 is 6.41. The highest BCUT2D eigenvalue weighted by Gasteiger charge is 2.35. The zero-order chi connectivity index (χ0) is 20.7. The summed E-state index contributed by atoms with van der Waals surface area (Å²) in [6, 6.07) is 22.0. The molecule has 1 fully saturated rings. The van der Waals surface area contributed by atoms with Crippen molar-refractivity contribution in [1.82, 2.24) is 9.55 Å². The molecule has 1 aliphatic heterocycles. The molecule has 0 bridgehead atoms. The Morgan fingerprint density at radius 3 is 2.57 bits per heavy atom. The second kappa shape index (κ2) is 7.58. The standard InChI is InChI=1S/C24H19ClFN3O/c25-18-8-2-1-7-16(18)14-29-22-12-6-4-10-20(22)27-24(29)17-13-23(30)28(15-17)21-11-5-3-9-19(21)26/h1-12,17H,13-15H2. The van der Waals surface area contributed by atoms with Crippen molar-refractivity contribution in [3.63, 3.8) is 0 Å². The van der Waals surface area contributed by atoms with Gasteiger partial charge in [0.15, 0.2) is 0 Å². The zero-order valence-electron chi connectivity index (χ0n) is 16.1. The summed E-state index contributed by atoms with van der Waals surface area (Å²) in [5.41, 5.74) is 3.16. The predicted molar refractivity (Wildman–Crippen MR) is 116 cm³/mol. The van der Waals surface area contributed by atoms with Crippen LogP contribution in [-0.4, -0.2) is 22.0 Å². The molecule has 150 valence electrons. The summed E-state index contributed by atoms with van der Waals surface area (Å²) in [5.74, 6) is 0.202. The first-order valence-electron chi connectivity index (χ1n) is 9.85. The first-order chi connectivity index (χ1) is 14.6. The van der Waals surface area contributed by atoms with Crippen LogP contribution >= 0.6 is 11.6 Å². The average molecular weight is 420 g/mol. The third-order valence-corrected chi connectivity index (χ3v) is 5.97. The van der Waals surface area contributed by atoms with E-state index < -0.39 is 5.82 Å². The molecule has 6 heteroatoms. The number of amides is 1. The molecule has 1 amide bonds. The molecular formula is C24H19ClFN3O. The fourth-order valence-electron chi connectivity index (χ4n) is 4.15. The molecule has 1 aliphatic rings. The van der Waals surface area contributed by atoms with E-state index in [-0.39, 0.29) is 11.8 Å². The van der Waals surface area contributed by atoms with Gasteiger partial charge in [0.05, 0.1) is 23.3 Å². The Morgan fingerprint density at radius 1 is 1.00 bits per heavy atom. The minimum Gasteiger partial charge on any atom is -0.323 e. The first-order valence-corrected chi connectivity index (χ1v) is 10.2. The van der Waals surface area contributed by atoms with E-state index in [0.717, 1.165) is 22.4 Å². The highest BCUT2D eigenvalue weighted by molar-refractivity contribution is 6.31. The number of halogens is 2. The fraction of sp³-hybridized carbons (Fsp3) is 0.167. The van der Waals surface area contributed by atoms with Crippen LogP contribution in [0.1, 0.15) is 23.7 Å². The molecule has 1 saturated heterocycles. The number of hydrogen-bond donors (Lipinski definition) is 0. The number of para-hydroxylation sites is 3. The van der Waals surface area contributed by atoms with E-state index in [1.165, 1.54) is 11.0 Å². The Morgan fingerprint density at radius 2 is 1.73 bits per heavy atom. The van der Waals surface area contributed by atoms with Crippen molar-refractivity contribution >= 4 is 34.2 Å². The minimum absolute atomic E-state index is 0.0959. The van der Waals surface area contributed by atoms with E-state index in [1.54, 1.807) is 18.2 Å². The highest BCUT2D eigenvalue weighted by atomic mass is 35.5. The molecule has 4 nitrogen and oxygen atoms in total. The van der Waals surface area contributed by atoms with Crippen LogP contribution in [-0.2, 0) is 11.3 Å². The van der Waals surface area contributed by atoms with Crippen molar-refractivity contribution in [3.8, 4) is 0 Å². The number of aromatic nitrogens is 2. The lowest BCUT2D eigenvalue weighted by Crippen LogP contribution is -2.25. The summed E-state index contributed by atoms with van der Waals surface area (Å²) in [4.78, 5) is 19.1. The Bertz CT molecular complexity index is 1250. The molecule has 0 aliphatic carbocycles. The molecule has 30 heavy (non-hydrogen) atoms. The lowest BCUT2D eigenvalue weighted by molar-refractivity contribution is -0.117. The van der Waals surface area contributed by atoms with Crippen molar-refractivity contribution in [2.75, 3.05) is 11.4 Å². The number of carbonyl (C=O) groups excluding carboxylic acids is 1. The Labute approximate surface area is 178 Å². The summed E-state index contributed by atoms with van der Waals surface area (Å²) in [6.45, 7) is 0.950. The van der Waals surface area contributed by atoms with Crippen LogP contribution in [0.3, 0.4) is 0 Å². The highest BCUT2D eigenvalue weighted by Crippen LogP contribution is 2.34. The summed E-state index contributed by atoms with van der Waals surface area (Å²) in [7, 11) is 0. The second-order valence-corrected chi connectivity index (χ2v) is 7.90. The van der Waals surface area contributed by atoms with Gasteiger partial charge in [0.2, 0.25) is 5.91 Å². The van der Waals surface area contributed by atoms with Crippen LogP contribution in [0.2, 0.25) is 5.02 Å². The summed E-state index contributed by atoms with van der Waals surface area (Å²) in [6.07, 6.45) is 0.292. The normalized spacial score (nSPS) is 16.5. The third-order valence-electron chi connectivity index (χ3n) is 5.60. The number of benzene rings is 3. The van der Waals surface area contributed by atoms with Gasteiger partial charge in [-0.2, -0.15) is 0 Å². The topological polar surface area (TPSA) is 38.1 Å². The van der Waals surface area contributed by atoms with Crippen molar-refractivity contribution < 1.29 is 9.18 Å². The first kappa shape index (κ1) is 18.8. The van der Waals surface area contributed by atoms with Crippen LogP contribution in [0, 0.1) is 5.82 Å². The average Bonchev–Trinajstić information content (AvgIpc) is 3.31. The van der Waals surface area contributed by atoms with Crippen molar-refractivity contribution in [2.24, 2.45) is 0 Å². The maximum atomic E-state index is 14.3. The van der Waals surface area contributed by atoms with Crippen LogP contribution in [0.25, 0.3) is 11.0 Å². The molecule has 1 unspecified atom stereocenters. The van der Waals surface area contributed by atoms with Gasteiger partial charge in [0.25, 0.3) is 0 Å². The number of rotatable bonds is 4. The van der Waals surface area contributed by atoms with Crippen molar-refractivity contribution in [3.05, 3.63) is 95.0 Å². The molecule has 4 aromatic rings. The largest absolute Gasteiger partial charge is 0.323 e. The number of anilines is 1. The molecule has 1 aromatic heterocycles. The van der Waals surface area contributed by atoms with Gasteiger partial charge in [-0.3, -0.25) is 4.79 Å². The van der Waals surface area contributed by atoms with Gasteiger partial charge >= 0.3 is 0 Å². The number of hydrogen-bond acceptors (Lipinski definition) is 2. The minimum atomic E-state index is -0.393. The monoisotopic (exact) mass is 419 g/mol. The molecule has 2 heterocycles. The summed E-state index contributed by atoms with van der Waals surface area (Å²) < 4.78 is 16.4. The van der Waals surface area contributed by atoms with E-state index >= 15 is 0 Å². The smallest absolute Gasteiger partial charge is 0.227 e. The molecule has 3 aromatic carbocycles. The number of fused-ring (bicyclic) bond motifs is 1. The Balaban J connectivity index is 1.55. The number of carbonyl (C=O) groups is 1. The van der Waals surface area contributed by atoms with E-state index in [9.17, 15) is 9.18 Å². The van der Waals surface area contributed by atoms with Gasteiger partial charge in [-0.05, 0) is 35.9 Å². The van der Waals surface area contributed by atoms with Gasteiger partial charge in [-0.1, -0.05) is 54.1 Å². The number of imidazole rings is 1. The molecule has 0 saturated carbocycles. The predicted octanol–water partition coefficient (Wildman–Crippen LogP) is 5.40. The van der Waals surface area contributed by atoms with E-state index in [1.807, 2.05) is 48.5 Å². The summed E-state index contributed by atoms with van der Waals surface area (Å²) in [5, 5.41) is 0.691. The molecular weight excluding hydrogens is 401 g/mol. The van der Waals surface area contributed by atoms with Crippen LogP contribution < -0.4 is 4.90 Å². The second-order valence-electron chi connectivity index (χ2n) is 7.49. The van der Waals surface area contributed by atoms with Crippen LogP contribution in [0.4, 0.5) is 10.1 Å². The van der Waals surface area contributed by atoms with E-state index in [2.05, 4.69) is 4.57 Å². The lowest BCUT2D eigenvalue weighted by atomic mass is 10.1. The van der Waals surface area contributed by atoms with Crippen molar-refractivity contribution in [2.45, 2.75) is 18.9 Å². The van der Waals surface area contributed by atoms with E-state index in [0.29, 0.717) is 30.2 Å². The van der Waals surface area contributed by atoms with Gasteiger partial charge in [0, 0.05) is 23.9 Å². The van der Waals surface area contributed by atoms with Gasteiger partial charge in [0.1, 0.15) is 11.6 Å². The maximum Gasteiger partial charge on any atom is 0.227 e. The SMILES string of the molecule is O=C1CC(c2nc3ccccc3n2Cc2ccccc2Cl)CN1c1ccccc1F. The number of nitrogens with zero attached hydrogens (tertiary/aromatic N) is 3. The third kappa shape index (κ3) is 3.25. The lowest BCUT2D eigenvalue weighted by Gasteiger charge is -2.18. The van der Waals surface area contributed by atoms with Crippen molar-refractivity contribution in [1.29, 1.82) is 0 Å². The molecule has 0 spiro atoms. The fourth-order valence-corrected chi connectivity index (χ4v) is 4.35. The molecule has 5 rings (SSSR count). The van der Waals surface area contributed by atoms with E-state index in [4.69, 9.17) is 16.6 Å². The molecule has 0 N–H and O–H groups in total. The van der Waals surface area contributed by atoms with Crippen LogP contribution in [0.5, 0.6) is 0 Å². The maximum absolute atomic E-state index is 14.3. The Kier molecular flexibility index (Phi) is 4.75. The van der Waals surface area contributed by atoms with Gasteiger partial charge < -0.3 is 9.47 Å². The quantitative estimate of drug-likeness (QED) is 0.444. The zero-order valence-corrected chi connectivity index (χ0v) is 16.9. The van der Waals surface area contributed by atoms with Crippen LogP contribution in [0.15, 0.2) is 72.8 Å². The van der Waals surface area contributed by atoms with Gasteiger partial charge in [-0.25, -0.2) is 9.37 Å². The molecule has 1 atom stereocenters. The Hall–Kier alpha value is -3.18.